The quantitative estimate of drug-likeness (QED) is 0.388. The van der Waals surface area contributed by atoms with E-state index in [1.807, 2.05) is 67.7 Å². The second-order valence-electron chi connectivity index (χ2n) is 7.84. The van der Waals surface area contributed by atoms with Gasteiger partial charge in [0.15, 0.2) is 11.5 Å². The average molecular weight is 471 g/mol. The number of aryl methyl sites for hydroxylation is 1. The Morgan fingerprint density at radius 2 is 1.47 bits per heavy atom. The van der Waals surface area contributed by atoms with Crippen molar-refractivity contribution in [2.24, 2.45) is 12.2 Å². The Balaban J connectivity index is 1.60. The lowest BCUT2D eigenvalue weighted by molar-refractivity contribution is 0.598. The summed E-state index contributed by atoms with van der Waals surface area (Å²) in [5.74, 6) is 1.23. The van der Waals surface area contributed by atoms with Crippen molar-refractivity contribution in [1.29, 1.82) is 0 Å². The largest absolute Gasteiger partial charge is 0.365 e. The summed E-state index contributed by atoms with van der Waals surface area (Å²) in [5, 5.41) is 14.2. The number of fused-ring (bicyclic) bond motifs is 1. The lowest BCUT2D eigenvalue weighted by Gasteiger charge is -2.11. The summed E-state index contributed by atoms with van der Waals surface area (Å²) in [4.78, 5) is 9.74. The molecule has 0 aliphatic heterocycles. The molecule has 0 saturated carbocycles. The fraction of sp³-hybridized carbons (Fsp3) is 0.0800. The zero-order valence-corrected chi connectivity index (χ0v) is 19.2. The Kier molecular flexibility index (Phi) is 5.56. The monoisotopic (exact) mass is 470 g/mol. The van der Waals surface area contributed by atoms with Crippen LogP contribution >= 0.6 is 0 Å². The van der Waals surface area contributed by atoms with Gasteiger partial charge in [0.25, 0.3) is 0 Å². The zero-order chi connectivity index (χ0) is 23.7. The van der Waals surface area contributed by atoms with Crippen molar-refractivity contribution in [1.82, 2.24) is 19.7 Å². The molecule has 3 aromatic carbocycles. The molecule has 0 saturated heterocycles. The van der Waals surface area contributed by atoms with Gasteiger partial charge in [-0.3, -0.25) is 0 Å². The Hall–Kier alpha value is -4.08. The molecule has 2 heterocycles. The number of nitrogens with zero attached hydrogens (tertiary/aromatic N) is 4. The normalized spacial score (nSPS) is 11.6. The van der Waals surface area contributed by atoms with Crippen LogP contribution in [0.2, 0.25) is 0 Å². The molecule has 0 amide bonds. The van der Waals surface area contributed by atoms with Gasteiger partial charge in [0.05, 0.1) is 10.3 Å². The number of benzene rings is 3. The number of nitrogens with one attached hydrogen (secondary N) is 1. The Bertz CT molecular complexity index is 1570. The predicted molar refractivity (Wildman–Crippen MR) is 132 cm³/mol. The first kappa shape index (κ1) is 21.7. The van der Waals surface area contributed by atoms with Crippen LogP contribution in [-0.2, 0) is 23.6 Å². The first-order valence-corrected chi connectivity index (χ1v) is 12.2. The molecule has 0 aliphatic carbocycles. The van der Waals surface area contributed by atoms with Crippen molar-refractivity contribution < 1.29 is 8.42 Å². The minimum Gasteiger partial charge on any atom is -0.365 e. The van der Waals surface area contributed by atoms with Crippen LogP contribution in [0.3, 0.4) is 0 Å². The zero-order valence-electron chi connectivity index (χ0n) is 18.4. The van der Waals surface area contributed by atoms with Crippen molar-refractivity contribution >= 4 is 26.9 Å². The van der Waals surface area contributed by atoms with E-state index in [-0.39, 0.29) is 4.90 Å². The van der Waals surface area contributed by atoms with Crippen LogP contribution in [0.4, 0.5) is 5.82 Å². The van der Waals surface area contributed by atoms with E-state index in [1.54, 1.807) is 16.8 Å². The maximum atomic E-state index is 11.6. The van der Waals surface area contributed by atoms with Crippen molar-refractivity contribution in [3.05, 3.63) is 90.5 Å². The number of hydrogen-bond donors (Lipinski definition) is 2. The summed E-state index contributed by atoms with van der Waals surface area (Å²) in [6.45, 7) is 0.425. The molecule has 3 N–H and O–H groups in total. The highest BCUT2D eigenvalue weighted by Gasteiger charge is 2.19. The van der Waals surface area contributed by atoms with Gasteiger partial charge in [-0.1, -0.05) is 72.8 Å². The molecule has 34 heavy (non-hydrogen) atoms. The Morgan fingerprint density at radius 1 is 0.853 bits per heavy atom. The van der Waals surface area contributed by atoms with Crippen LogP contribution in [0, 0.1) is 0 Å². The third kappa shape index (κ3) is 4.26. The van der Waals surface area contributed by atoms with Gasteiger partial charge in [-0.25, -0.2) is 28.2 Å². The molecule has 8 nitrogen and oxygen atoms in total. The molecular weight excluding hydrogens is 448 g/mol. The number of nitrogens with two attached hydrogens (primary N) is 1. The summed E-state index contributed by atoms with van der Waals surface area (Å²) in [5.41, 5.74) is 4.23. The standard InChI is InChI=1S/C25H22N6O2S/c1-31-25-21(22(30-31)18-8-4-2-5-9-18)24(28-23(29-25)19-10-6-3-7-11-19)27-16-17-12-14-20(15-13-17)34(26,32)33/h2-15H,16H2,1H3,(H2,26,32,33)(H,27,28,29). The summed E-state index contributed by atoms with van der Waals surface area (Å²) >= 11 is 0. The maximum Gasteiger partial charge on any atom is 0.238 e. The Morgan fingerprint density at radius 3 is 2.09 bits per heavy atom. The number of primary sulfonamides is 1. The van der Waals surface area contributed by atoms with Gasteiger partial charge in [-0.05, 0) is 17.7 Å². The van der Waals surface area contributed by atoms with Crippen molar-refractivity contribution in [3.63, 3.8) is 0 Å². The van der Waals surface area contributed by atoms with Gasteiger partial charge in [-0.15, -0.1) is 0 Å². The fourth-order valence-corrected chi connectivity index (χ4v) is 4.29. The molecule has 5 aromatic rings. The molecule has 0 aliphatic rings. The second kappa shape index (κ2) is 8.69. The van der Waals surface area contributed by atoms with E-state index in [2.05, 4.69) is 5.32 Å². The highest BCUT2D eigenvalue weighted by Crippen LogP contribution is 2.33. The third-order valence-electron chi connectivity index (χ3n) is 5.47. The molecule has 0 bridgehead atoms. The SMILES string of the molecule is Cn1nc(-c2ccccc2)c2c(NCc3ccc(S(N)(=O)=O)cc3)nc(-c3ccccc3)nc21. The fourth-order valence-electron chi connectivity index (χ4n) is 3.77. The molecular formula is C25H22N6O2S. The van der Waals surface area contributed by atoms with Gasteiger partial charge in [0.1, 0.15) is 11.5 Å². The summed E-state index contributed by atoms with van der Waals surface area (Å²) < 4.78 is 24.9. The summed E-state index contributed by atoms with van der Waals surface area (Å²) in [7, 11) is -1.87. The van der Waals surface area contributed by atoms with E-state index in [1.165, 1.54) is 12.1 Å². The summed E-state index contributed by atoms with van der Waals surface area (Å²) in [6, 6.07) is 26.1. The molecule has 0 atom stereocenters. The maximum absolute atomic E-state index is 11.6. The number of anilines is 1. The van der Waals surface area contributed by atoms with Crippen LogP contribution in [0.25, 0.3) is 33.7 Å². The van der Waals surface area contributed by atoms with E-state index in [4.69, 9.17) is 20.2 Å². The average Bonchev–Trinajstić information content (AvgIpc) is 3.20. The molecule has 9 heteroatoms. The van der Waals surface area contributed by atoms with Crippen LogP contribution < -0.4 is 10.5 Å². The van der Waals surface area contributed by atoms with Crippen LogP contribution in [0.1, 0.15) is 5.56 Å². The van der Waals surface area contributed by atoms with E-state index in [0.29, 0.717) is 23.8 Å². The highest BCUT2D eigenvalue weighted by atomic mass is 32.2. The minimum atomic E-state index is -3.74. The van der Waals surface area contributed by atoms with Gasteiger partial charge in [0, 0.05) is 24.7 Å². The number of hydrogen-bond acceptors (Lipinski definition) is 6. The molecule has 0 radical (unpaired) electrons. The molecule has 2 aromatic heterocycles. The number of aromatic nitrogens is 4. The first-order valence-electron chi connectivity index (χ1n) is 10.6. The molecule has 170 valence electrons. The van der Waals surface area contributed by atoms with Gasteiger partial charge >= 0.3 is 0 Å². The van der Waals surface area contributed by atoms with Crippen LogP contribution in [0.5, 0.6) is 0 Å². The van der Waals surface area contributed by atoms with Gasteiger partial charge in [-0.2, -0.15) is 5.10 Å². The highest BCUT2D eigenvalue weighted by molar-refractivity contribution is 7.89. The third-order valence-corrected chi connectivity index (χ3v) is 6.40. The second-order valence-corrected chi connectivity index (χ2v) is 9.40. The topological polar surface area (TPSA) is 116 Å². The van der Waals surface area contributed by atoms with Crippen LogP contribution in [-0.4, -0.2) is 28.2 Å². The molecule has 5 rings (SSSR count). The van der Waals surface area contributed by atoms with E-state index in [9.17, 15) is 8.42 Å². The molecule has 0 spiro atoms. The minimum absolute atomic E-state index is 0.0747. The number of sulfonamides is 1. The van der Waals surface area contributed by atoms with Crippen molar-refractivity contribution in [3.8, 4) is 22.6 Å². The lowest BCUT2D eigenvalue weighted by Crippen LogP contribution is -2.12. The van der Waals surface area contributed by atoms with Crippen molar-refractivity contribution in [2.75, 3.05) is 5.32 Å². The van der Waals surface area contributed by atoms with E-state index < -0.39 is 10.0 Å². The smallest absolute Gasteiger partial charge is 0.238 e. The molecule has 0 unspecified atom stereocenters. The van der Waals surface area contributed by atoms with E-state index in [0.717, 1.165) is 27.8 Å². The predicted octanol–water partition coefficient (Wildman–Crippen LogP) is 3.96. The number of rotatable bonds is 6. The lowest BCUT2D eigenvalue weighted by atomic mass is 10.1. The van der Waals surface area contributed by atoms with Gasteiger partial charge in [0.2, 0.25) is 10.0 Å². The van der Waals surface area contributed by atoms with Gasteiger partial charge < -0.3 is 5.32 Å². The van der Waals surface area contributed by atoms with E-state index >= 15 is 0 Å². The van der Waals surface area contributed by atoms with Crippen molar-refractivity contribution in [2.45, 2.75) is 11.4 Å². The van der Waals surface area contributed by atoms with Crippen LogP contribution in [0.15, 0.2) is 89.8 Å². The first-order chi connectivity index (χ1) is 16.4. The molecule has 0 fully saturated rings. The summed E-state index contributed by atoms with van der Waals surface area (Å²) in [6.07, 6.45) is 0. The Labute approximate surface area is 197 Å².